The van der Waals surface area contributed by atoms with Gasteiger partial charge in [0.05, 0.1) is 4.90 Å². The second-order valence-corrected chi connectivity index (χ2v) is 7.66. The molecule has 4 N–H and O–H groups in total. The highest BCUT2D eigenvalue weighted by atomic mass is 32.2. The monoisotopic (exact) mass is 389 g/mol. The smallest absolute Gasteiger partial charge is 0.238 e. The van der Waals surface area contributed by atoms with Crippen LogP contribution in [0.25, 0.3) is 0 Å². The Labute approximate surface area is 159 Å². The molecule has 0 heterocycles. The molecule has 2 aromatic rings. The topological polar surface area (TPSA) is 118 Å². The van der Waals surface area contributed by atoms with Crippen LogP contribution >= 0.6 is 0 Å². The normalized spacial score (nSPS) is 11.0. The van der Waals surface area contributed by atoms with E-state index in [1.54, 1.807) is 36.4 Å². The van der Waals surface area contributed by atoms with Gasteiger partial charge in [0, 0.05) is 30.8 Å². The predicted molar refractivity (Wildman–Crippen MR) is 104 cm³/mol. The number of Topliss-reactive ketones (excluding diaryl/α,β-unsaturated/α-hetero) is 1. The molecule has 0 fully saturated rings. The van der Waals surface area contributed by atoms with E-state index in [4.69, 9.17) is 5.14 Å². The number of sulfonamides is 1. The molecule has 0 aliphatic heterocycles. The van der Waals surface area contributed by atoms with Gasteiger partial charge in [0.2, 0.25) is 15.9 Å². The van der Waals surface area contributed by atoms with Crippen molar-refractivity contribution in [1.29, 1.82) is 0 Å². The van der Waals surface area contributed by atoms with Crippen molar-refractivity contribution in [1.82, 2.24) is 5.32 Å². The van der Waals surface area contributed by atoms with Crippen LogP contribution < -0.4 is 15.8 Å². The van der Waals surface area contributed by atoms with Crippen LogP contribution in [-0.4, -0.2) is 33.2 Å². The van der Waals surface area contributed by atoms with Gasteiger partial charge >= 0.3 is 0 Å². The molecule has 0 saturated carbocycles. The highest BCUT2D eigenvalue weighted by Gasteiger charge is 2.07. The first kappa shape index (κ1) is 20.6. The Morgan fingerprint density at radius 3 is 2.15 bits per heavy atom. The molecule has 1 amide bonds. The fourth-order valence-corrected chi connectivity index (χ4v) is 2.94. The van der Waals surface area contributed by atoms with Crippen molar-refractivity contribution >= 4 is 27.4 Å². The lowest BCUT2D eigenvalue weighted by Gasteiger charge is -2.08. The summed E-state index contributed by atoms with van der Waals surface area (Å²) in [7, 11) is -3.69. The first-order chi connectivity index (χ1) is 12.8. The number of nitrogens with one attached hydrogen (secondary N) is 2. The Balaban J connectivity index is 1.68. The van der Waals surface area contributed by atoms with Crippen molar-refractivity contribution in [3.63, 3.8) is 0 Å². The van der Waals surface area contributed by atoms with Gasteiger partial charge in [-0.1, -0.05) is 12.1 Å². The number of rotatable bonds is 9. The van der Waals surface area contributed by atoms with Crippen LogP contribution in [0.1, 0.15) is 29.3 Å². The second kappa shape index (κ2) is 9.29. The minimum Gasteiger partial charge on any atom is -0.385 e. The molecule has 0 bridgehead atoms. The van der Waals surface area contributed by atoms with E-state index in [2.05, 4.69) is 10.6 Å². The van der Waals surface area contributed by atoms with Gasteiger partial charge in [0.15, 0.2) is 5.78 Å². The average molecular weight is 389 g/mol. The number of primary sulfonamides is 1. The summed E-state index contributed by atoms with van der Waals surface area (Å²) in [6.45, 7) is 2.45. The number of benzene rings is 2. The van der Waals surface area contributed by atoms with Crippen molar-refractivity contribution in [2.24, 2.45) is 5.14 Å². The number of ketones is 1. The van der Waals surface area contributed by atoms with Crippen LogP contribution in [0.3, 0.4) is 0 Å². The SMILES string of the molecule is CC(=O)c1ccc(NCCC(=O)NCCc2ccc(S(N)(=O)=O)cc2)cc1. The maximum atomic E-state index is 11.9. The van der Waals surface area contributed by atoms with Crippen LogP contribution in [0.2, 0.25) is 0 Å². The minimum absolute atomic E-state index is 0.0141. The summed E-state index contributed by atoms with van der Waals surface area (Å²) < 4.78 is 22.4. The fraction of sp³-hybridized carbons (Fsp3) is 0.263. The molecule has 0 aliphatic rings. The predicted octanol–water partition coefficient (Wildman–Crippen LogP) is 1.70. The molecular formula is C19H23N3O4S. The summed E-state index contributed by atoms with van der Waals surface area (Å²) in [5, 5.41) is 11.0. The molecule has 2 rings (SSSR count). The van der Waals surface area contributed by atoms with Crippen molar-refractivity contribution in [2.75, 3.05) is 18.4 Å². The van der Waals surface area contributed by atoms with E-state index in [0.717, 1.165) is 11.3 Å². The first-order valence-corrected chi connectivity index (χ1v) is 10.0. The summed E-state index contributed by atoms with van der Waals surface area (Å²) in [6, 6.07) is 13.4. The average Bonchev–Trinajstić information content (AvgIpc) is 2.62. The van der Waals surface area contributed by atoms with Gasteiger partial charge < -0.3 is 10.6 Å². The van der Waals surface area contributed by atoms with Gasteiger partial charge in [0.25, 0.3) is 0 Å². The molecule has 8 heteroatoms. The number of nitrogens with two attached hydrogens (primary N) is 1. The van der Waals surface area contributed by atoms with Crippen LogP contribution in [0.15, 0.2) is 53.4 Å². The third-order valence-electron chi connectivity index (χ3n) is 3.96. The lowest BCUT2D eigenvalue weighted by atomic mass is 10.1. The zero-order chi connectivity index (χ0) is 19.9. The molecule has 0 atom stereocenters. The molecular weight excluding hydrogens is 366 g/mol. The Kier molecular flexibility index (Phi) is 7.09. The summed E-state index contributed by atoms with van der Waals surface area (Å²) in [6.07, 6.45) is 0.912. The van der Waals surface area contributed by atoms with Crippen molar-refractivity contribution in [2.45, 2.75) is 24.7 Å². The summed E-state index contributed by atoms with van der Waals surface area (Å²) >= 11 is 0. The molecule has 2 aromatic carbocycles. The maximum absolute atomic E-state index is 11.9. The van der Waals surface area contributed by atoms with Gasteiger partial charge in [-0.2, -0.15) is 0 Å². The highest BCUT2D eigenvalue weighted by Crippen LogP contribution is 2.10. The molecule has 0 spiro atoms. The quantitative estimate of drug-likeness (QED) is 0.564. The van der Waals surface area contributed by atoms with E-state index >= 15 is 0 Å². The second-order valence-electron chi connectivity index (χ2n) is 6.10. The van der Waals surface area contributed by atoms with E-state index in [9.17, 15) is 18.0 Å². The van der Waals surface area contributed by atoms with E-state index < -0.39 is 10.0 Å². The third-order valence-corrected chi connectivity index (χ3v) is 4.89. The standard InChI is InChI=1S/C19H23N3O4S/c1-14(23)16-4-6-17(7-5-16)21-13-11-19(24)22-12-10-15-2-8-18(9-3-15)27(20,25)26/h2-9,21H,10-13H2,1H3,(H,22,24)(H2,20,25,26). The molecule has 0 aliphatic carbocycles. The Bertz CT molecular complexity index is 892. The number of hydrogen-bond acceptors (Lipinski definition) is 5. The Hall–Kier alpha value is -2.71. The molecule has 0 aromatic heterocycles. The molecule has 7 nitrogen and oxygen atoms in total. The van der Waals surface area contributed by atoms with Gasteiger partial charge in [-0.25, -0.2) is 13.6 Å². The van der Waals surface area contributed by atoms with Gasteiger partial charge in [-0.3, -0.25) is 9.59 Å². The van der Waals surface area contributed by atoms with Crippen LogP contribution in [0.4, 0.5) is 5.69 Å². The van der Waals surface area contributed by atoms with Gasteiger partial charge in [0.1, 0.15) is 0 Å². The summed E-state index contributed by atoms with van der Waals surface area (Å²) in [4.78, 5) is 23.1. The summed E-state index contributed by atoms with van der Waals surface area (Å²) in [5.74, 6) is -0.0655. The molecule has 0 unspecified atom stereocenters. The Morgan fingerprint density at radius 2 is 1.59 bits per heavy atom. The number of amides is 1. The zero-order valence-electron chi connectivity index (χ0n) is 15.1. The molecule has 27 heavy (non-hydrogen) atoms. The van der Waals surface area contributed by atoms with Gasteiger partial charge in [-0.15, -0.1) is 0 Å². The van der Waals surface area contributed by atoms with E-state index in [-0.39, 0.29) is 16.6 Å². The lowest BCUT2D eigenvalue weighted by Crippen LogP contribution is -2.27. The third kappa shape index (κ3) is 6.84. The molecule has 0 radical (unpaired) electrons. The van der Waals surface area contributed by atoms with E-state index in [1.165, 1.54) is 19.1 Å². The maximum Gasteiger partial charge on any atom is 0.238 e. The molecule has 0 saturated heterocycles. The zero-order valence-corrected chi connectivity index (χ0v) is 15.9. The Morgan fingerprint density at radius 1 is 0.963 bits per heavy atom. The van der Waals surface area contributed by atoms with Crippen molar-refractivity contribution < 1.29 is 18.0 Å². The van der Waals surface area contributed by atoms with Gasteiger partial charge in [-0.05, 0) is 55.3 Å². The number of hydrogen-bond donors (Lipinski definition) is 3. The summed E-state index contributed by atoms with van der Waals surface area (Å²) in [5.41, 5.74) is 2.41. The first-order valence-electron chi connectivity index (χ1n) is 8.49. The minimum atomic E-state index is -3.69. The largest absolute Gasteiger partial charge is 0.385 e. The molecule has 144 valence electrons. The van der Waals surface area contributed by atoms with Crippen LogP contribution in [0.5, 0.6) is 0 Å². The van der Waals surface area contributed by atoms with Crippen molar-refractivity contribution in [3.05, 3.63) is 59.7 Å². The van der Waals surface area contributed by atoms with Crippen LogP contribution in [-0.2, 0) is 21.2 Å². The number of carbonyl (C=O) groups is 2. The fourth-order valence-electron chi connectivity index (χ4n) is 2.42. The lowest BCUT2D eigenvalue weighted by molar-refractivity contribution is -0.120. The van der Waals surface area contributed by atoms with E-state index in [1.807, 2.05) is 0 Å². The number of carbonyl (C=O) groups excluding carboxylic acids is 2. The van der Waals surface area contributed by atoms with Crippen LogP contribution in [0, 0.1) is 0 Å². The number of anilines is 1. The van der Waals surface area contributed by atoms with Crippen molar-refractivity contribution in [3.8, 4) is 0 Å². The van der Waals surface area contributed by atoms with E-state index in [0.29, 0.717) is 31.5 Å². The highest BCUT2D eigenvalue weighted by molar-refractivity contribution is 7.89.